The van der Waals surface area contributed by atoms with Gasteiger partial charge in [-0.15, -0.1) is 0 Å². The monoisotopic (exact) mass is 292 g/mol. The van der Waals surface area contributed by atoms with Gasteiger partial charge in [0, 0.05) is 39.3 Å². The predicted molar refractivity (Wildman–Crippen MR) is 80.4 cm³/mol. The molecule has 1 aromatic rings. The van der Waals surface area contributed by atoms with Crippen molar-refractivity contribution in [3.05, 3.63) is 34.4 Å². The summed E-state index contributed by atoms with van der Waals surface area (Å²) < 4.78 is 0. The van der Waals surface area contributed by atoms with Crippen molar-refractivity contribution in [1.29, 1.82) is 0 Å². The normalized spacial score (nSPS) is 15.6. The minimum atomic E-state index is -0.382. The van der Waals surface area contributed by atoms with Gasteiger partial charge in [0.25, 0.3) is 5.69 Å². The zero-order valence-corrected chi connectivity index (χ0v) is 12.3. The Bertz CT molecular complexity index is 525. The molecule has 21 heavy (non-hydrogen) atoms. The number of hydrogen-bond acceptors (Lipinski definition) is 4. The van der Waals surface area contributed by atoms with Crippen molar-refractivity contribution in [2.75, 3.05) is 32.5 Å². The lowest BCUT2D eigenvalue weighted by molar-refractivity contribution is -0.384. The second kappa shape index (κ2) is 6.43. The molecule has 0 atom stereocenters. The van der Waals surface area contributed by atoms with Gasteiger partial charge in [-0.1, -0.05) is 12.1 Å². The van der Waals surface area contributed by atoms with Crippen LogP contribution in [0.5, 0.6) is 0 Å². The number of piperidine rings is 1. The number of hydrogen-bond donors (Lipinski definition) is 1. The van der Waals surface area contributed by atoms with E-state index in [1.54, 1.807) is 42.1 Å². The summed E-state index contributed by atoms with van der Waals surface area (Å²) in [5.41, 5.74) is 0.629. The van der Waals surface area contributed by atoms with E-state index in [2.05, 4.69) is 5.32 Å². The van der Waals surface area contributed by atoms with Crippen molar-refractivity contribution in [3.8, 4) is 0 Å². The highest BCUT2D eigenvalue weighted by Gasteiger charge is 2.25. The van der Waals surface area contributed by atoms with Gasteiger partial charge in [0.15, 0.2) is 0 Å². The number of carbonyl (C=O) groups excluding carboxylic acids is 1. The predicted octanol–water partition coefficient (Wildman–Crippen LogP) is 2.15. The minimum absolute atomic E-state index is 0.0131. The van der Waals surface area contributed by atoms with E-state index < -0.39 is 0 Å². The molecule has 2 rings (SSSR count). The third-order valence-electron chi connectivity index (χ3n) is 3.61. The summed E-state index contributed by atoms with van der Waals surface area (Å²) in [4.78, 5) is 25.8. The van der Waals surface area contributed by atoms with Crippen LogP contribution in [0.15, 0.2) is 24.3 Å². The second-order valence-corrected chi connectivity index (χ2v) is 5.36. The van der Waals surface area contributed by atoms with Crippen LogP contribution in [0.1, 0.15) is 12.8 Å². The van der Waals surface area contributed by atoms with Gasteiger partial charge in [-0.25, -0.2) is 4.79 Å². The molecule has 0 aliphatic carbocycles. The number of amides is 2. The number of carbonyl (C=O) groups is 1. The zero-order valence-electron chi connectivity index (χ0n) is 12.3. The van der Waals surface area contributed by atoms with Gasteiger partial charge in [0.05, 0.1) is 4.92 Å². The number of urea groups is 1. The molecular formula is C14H20N4O3. The van der Waals surface area contributed by atoms with E-state index in [1.807, 2.05) is 0 Å². The summed E-state index contributed by atoms with van der Waals surface area (Å²) in [6.07, 6.45) is 1.57. The number of rotatable bonds is 3. The third-order valence-corrected chi connectivity index (χ3v) is 3.61. The lowest BCUT2D eigenvalue weighted by Crippen LogP contribution is -2.46. The van der Waals surface area contributed by atoms with E-state index in [4.69, 9.17) is 0 Å². The summed E-state index contributed by atoms with van der Waals surface area (Å²) >= 11 is 0. The van der Waals surface area contributed by atoms with Crippen molar-refractivity contribution in [2.24, 2.45) is 0 Å². The van der Waals surface area contributed by atoms with Crippen LogP contribution < -0.4 is 5.32 Å². The number of benzene rings is 1. The maximum atomic E-state index is 11.8. The van der Waals surface area contributed by atoms with Crippen molar-refractivity contribution < 1.29 is 9.72 Å². The Kier molecular flexibility index (Phi) is 4.62. The van der Waals surface area contributed by atoms with Gasteiger partial charge in [0.1, 0.15) is 5.69 Å². The first-order chi connectivity index (χ1) is 9.99. The fourth-order valence-electron chi connectivity index (χ4n) is 2.47. The number of nitrogens with one attached hydrogen (secondary N) is 1. The van der Waals surface area contributed by atoms with Crippen molar-refractivity contribution in [1.82, 2.24) is 9.80 Å². The van der Waals surface area contributed by atoms with E-state index in [0.29, 0.717) is 18.8 Å². The largest absolute Gasteiger partial charge is 0.377 e. The third kappa shape index (κ3) is 3.62. The minimum Gasteiger partial charge on any atom is -0.377 e. The molecule has 1 aromatic carbocycles. The van der Waals surface area contributed by atoms with Crippen LogP contribution in [0.25, 0.3) is 0 Å². The second-order valence-electron chi connectivity index (χ2n) is 5.36. The number of nitro groups is 1. The average molecular weight is 292 g/mol. The molecule has 0 aromatic heterocycles. The Morgan fingerprint density at radius 2 is 1.95 bits per heavy atom. The molecular weight excluding hydrogens is 272 g/mol. The maximum absolute atomic E-state index is 11.8. The van der Waals surface area contributed by atoms with Gasteiger partial charge >= 0.3 is 6.03 Å². The van der Waals surface area contributed by atoms with Crippen LogP contribution in [-0.4, -0.2) is 54.0 Å². The highest BCUT2D eigenvalue weighted by atomic mass is 16.6. The van der Waals surface area contributed by atoms with Gasteiger partial charge in [0.2, 0.25) is 0 Å². The Morgan fingerprint density at radius 3 is 2.52 bits per heavy atom. The van der Waals surface area contributed by atoms with Gasteiger partial charge in [-0.05, 0) is 18.9 Å². The molecule has 1 aliphatic heterocycles. The number of likely N-dealkylation sites (tertiary alicyclic amines) is 1. The molecule has 1 heterocycles. The van der Waals surface area contributed by atoms with Crippen LogP contribution in [0.2, 0.25) is 0 Å². The van der Waals surface area contributed by atoms with Gasteiger partial charge in [-0.2, -0.15) is 0 Å². The molecule has 2 amide bonds. The zero-order chi connectivity index (χ0) is 15.4. The SMILES string of the molecule is CN(C)C(=O)N1CCC(Nc2ccccc2[N+](=O)[O-])CC1. The first-order valence-electron chi connectivity index (χ1n) is 6.95. The van der Waals surface area contributed by atoms with Crippen LogP contribution >= 0.6 is 0 Å². The molecule has 7 nitrogen and oxygen atoms in total. The highest BCUT2D eigenvalue weighted by molar-refractivity contribution is 5.74. The van der Waals surface area contributed by atoms with E-state index in [0.717, 1.165) is 12.8 Å². The van der Waals surface area contributed by atoms with E-state index in [1.165, 1.54) is 6.07 Å². The number of nitrogens with zero attached hydrogens (tertiary/aromatic N) is 3. The van der Waals surface area contributed by atoms with Crippen LogP contribution in [0.3, 0.4) is 0 Å². The Hall–Kier alpha value is -2.31. The standard InChI is InChI=1S/C14H20N4O3/c1-16(2)14(19)17-9-7-11(8-10-17)15-12-5-3-4-6-13(12)18(20)21/h3-6,11,15H,7-10H2,1-2H3. The molecule has 0 unspecified atom stereocenters. The number of nitro benzene ring substituents is 1. The van der Waals surface area contributed by atoms with Crippen LogP contribution in [-0.2, 0) is 0 Å². The Labute approximate surface area is 123 Å². The molecule has 0 saturated carbocycles. The Morgan fingerprint density at radius 1 is 1.33 bits per heavy atom. The van der Waals surface area contributed by atoms with Crippen molar-refractivity contribution in [3.63, 3.8) is 0 Å². The molecule has 0 radical (unpaired) electrons. The first kappa shape index (κ1) is 15.1. The molecule has 1 saturated heterocycles. The van der Waals surface area contributed by atoms with Gasteiger partial charge < -0.3 is 15.1 Å². The van der Waals surface area contributed by atoms with E-state index >= 15 is 0 Å². The smallest absolute Gasteiger partial charge is 0.319 e. The lowest BCUT2D eigenvalue weighted by Gasteiger charge is -2.34. The lowest BCUT2D eigenvalue weighted by atomic mass is 10.0. The number of anilines is 1. The summed E-state index contributed by atoms with van der Waals surface area (Å²) in [7, 11) is 3.47. The molecule has 1 N–H and O–H groups in total. The van der Waals surface area contributed by atoms with Crippen LogP contribution in [0.4, 0.5) is 16.2 Å². The average Bonchev–Trinajstić information content (AvgIpc) is 2.47. The number of para-hydroxylation sites is 2. The van der Waals surface area contributed by atoms with Crippen LogP contribution in [0, 0.1) is 10.1 Å². The van der Waals surface area contributed by atoms with Crippen molar-refractivity contribution >= 4 is 17.4 Å². The van der Waals surface area contributed by atoms with Gasteiger partial charge in [-0.3, -0.25) is 10.1 Å². The summed E-state index contributed by atoms with van der Waals surface area (Å²) in [6.45, 7) is 1.32. The topological polar surface area (TPSA) is 78.7 Å². The van der Waals surface area contributed by atoms with E-state index in [9.17, 15) is 14.9 Å². The quantitative estimate of drug-likeness (QED) is 0.684. The summed E-state index contributed by atoms with van der Waals surface area (Å²) in [5, 5.41) is 14.2. The van der Waals surface area contributed by atoms with E-state index in [-0.39, 0.29) is 22.7 Å². The van der Waals surface area contributed by atoms with Crippen molar-refractivity contribution in [2.45, 2.75) is 18.9 Å². The summed E-state index contributed by atoms with van der Waals surface area (Å²) in [5.74, 6) is 0. The fourth-order valence-corrected chi connectivity index (χ4v) is 2.47. The molecule has 114 valence electrons. The molecule has 0 spiro atoms. The molecule has 0 bridgehead atoms. The summed E-state index contributed by atoms with van der Waals surface area (Å²) in [6, 6.07) is 6.81. The molecule has 1 fully saturated rings. The first-order valence-corrected chi connectivity index (χ1v) is 6.95. The molecule has 7 heteroatoms. The molecule has 1 aliphatic rings. The Balaban J connectivity index is 1.95. The highest BCUT2D eigenvalue weighted by Crippen LogP contribution is 2.26. The fraction of sp³-hybridized carbons (Fsp3) is 0.500. The maximum Gasteiger partial charge on any atom is 0.319 e.